The molecule has 0 saturated heterocycles. The highest BCUT2D eigenvalue weighted by atomic mass is 19.4. The van der Waals surface area contributed by atoms with Crippen LogP contribution >= 0.6 is 0 Å². The van der Waals surface area contributed by atoms with E-state index < -0.39 is 49.3 Å². The number of aromatic nitrogens is 6. The standard InChI is InChI=1S/C29H26F4N4O3.C23H23F3N4O3/c1-16-12-18(8-9-19(16)25(38)13-17-6-7-17)24-15-35-28-23(34-11-10-29(31,32)33)14-22(36-37(24)28)26(39)20-4-3-5-21(30)27(20)40-2;1-13-9-15(5-6-16(13)20(31)10-14-3-4-14)19-12-28-21-17(27-8-7-23(24,25)26)11-18(22(32)33-2)29-30(19)21/h3-5,8-9,12,14-15,17,34H,6-7,10-11,13H2,1-2H3;5-6,9,11-12,14,27H,3-4,7-8,10H2,1-2H3. The second-order valence-corrected chi connectivity index (χ2v) is 18.1. The minimum Gasteiger partial charge on any atom is -0.493 e. The van der Waals surface area contributed by atoms with Gasteiger partial charge in [-0.15, -0.1) is 0 Å². The molecule has 382 valence electrons. The van der Waals surface area contributed by atoms with Gasteiger partial charge in [0.25, 0.3) is 0 Å². The number of para-hydroxylation sites is 1. The molecule has 0 bridgehead atoms. The van der Waals surface area contributed by atoms with Gasteiger partial charge in [0.1, 0.15) is 5.69 Å². The molecule has 2 aliphatic rings. The molecule has 0 spiro atoms. The minimum atomic E-state index is -4.39. The van der Waals surface area contributed by atoms with E-state index in [2.05, 4.69) is 30.8 Å². The molecule has 14 nitrogen and oxygen atoms in total. The Labute approximate surface area is 413 Å². The lowest BCUT2D eigenvalue weighted by molar-refractivity contribution is -0.132. The maximum atomic E-state index is 14.3. The highest BCUT2D eigenvalue weighted by molar-refractivity contribution is 6.10. The molecule has 9 rings (SSSR count). The number of hydrogen-bond donors (Lipinski definition) is 2. The number of hydrogen-bond acceptors (Lipinski definition) is 12. The molecule has 2 saturated carbocycles. The number of halogens is 7. The van der Waals surface area contributed by atoms with Crippen molar-refractivity contribution in [3.8, 4) is 28.3 Å². The third kappa shape index (κ3) is 12.3. The van der Waals surface area contributed by atoms with E-state index in [1.54, 1.807) is 24.3 Å². The molecule has 0 amide bonds. The summed E-state index contributed by atoms with van der Waals surface area (Å²) in [6.45, 7) is 2.84. The number of methoxy groups -OCH3 is 2. The van der Waals surface area contributed by atoms with Gasteiger partial charge in [0.15, 0.2) is 40.1 Å². The lowest BCUT2D eigenvalue weighted by Gasteiger charge is -2.13. The van der Waals surface area contributed by atoms with Gasteiger partial charge in [-0.25, -0.2) is 28.2 Å². The molecular formula is C52H49F7N8O6. The van der Waals surface area contributed by atoms with Crippen LogP contribution in [-0.2, 0) is 4.74 Å². The van der Waals surface area contributed by atoms with Gasteiger partial charge in [-0.05, 0) is 92.8 Å². The zero-order chi connectivity index (χ0) is 52.4. The monoisotopic (exact) mass is 1010 g/mol. The van der Waals surface area contributed by atoms with Crippen LogP contribution in [0.4, 0.5) is 42.1 Å². The van der Waals surface area contributed by atoms with Gasteiger partial charge in [0, 0.05) is 54.3 Å². The normalized spacial score (nSPS) is 13.6. The van der Waals surface area contributed by atoms with Crippen LogP contribution in [0.15, 0.2) is 79.1 Å². The first-order valence-electron chi connectivity index (χ1n) is 23.3. The van der Waals surface area contributed by atoms with Crippen LogP contribution in [0, 0.1) is 31.5 Å². The van der Waals surface area contributed by atoms with Crippen molar-refractivity contribution in [2.75, 3.05) is 37.9 Å². The predicted molar refractivity (Wildman–Crippen MR) is 256 cm³/mol. The average molecular weight is 1010 g/mol. The number of aryl methyl sites for hydroxylation is 2. The fourth-order valence-electron chi connectivity index (χ4n) is 8.28. The summed E-state index contributed by atoms with van der Waals surface area (Å²) in [5.74, 6) is -1.30. The van der Waals surface area contributed by atoms with E-state index in [0.29, 0.717) is 58.3 Å². The van der Waals surface area contributed by atoms with E-state index >= 15 is 0 Å². The molecule has 2 N–H and O–H groups in total. The molecule has 3 aromatic carbocycles. The van der Waals surface area contributed by atoms with Gasteiger partial charge >= 0.3 is 18.3 Å². The number of carbonyl (C=O) groups excluding carboxylic acids is 4. The second-order valence-electron chi connectivity index (χ2n) is 18.1. The van der Waals surface area contributed by atoms with E-state index in [1.165, 1.54) is 59.9 Å². The van der Waals surface area contributed by atoms with Crippen LogP contribution < -0.4 is 15.4 Å². The number of carbonyl (C=O) groups is 4. The van der Waals surface area contributed by atoms with Crippen LogP contribution in [0.25, 0.3) is 33.8 Å². The van der Waals surface area contributed by atoms with E-state index in [-0.39, 0.29) is 63.5 Å². The number of rotatable bonds is 18. The topological polar surface area (TPSA) is 171 Å². The van der Waals surface area contributed by atoms with Crippen LogP contribution in [-0.4, -0.2) is 92.2 Å². The number of benzene rings is 3. The zero-order valence-corrected chi connectivity index (χ0v) is 40.0. The summed E-state index contributed by atoms with van der Waals surface area (Å²) in [7, 11) is 2.42. The molecule has 0 unspecified atom stereocenters. The Hall–Kier alpha value is -7.71. The van der Waals surface area contributed by atoms with Crippen LogP contribution in [0.2, 0.25) is 0 Å². The molecule has 7 aromatic rings. The number of esters is 1. The van der Waals surface area contributed by atoms with E-state index in [1.807, 2.05) is 26.0 Å². The Morgan fingerprint density at radius 3 is 1.53 bits per heavy atom. The van der Waals surface area contributed by atoms with Crippen molar-refractivity contribution in [1.29, 1.82) is 0 Å². The first-order valence-corrected chi connectivity index (χ1v) is 23.3. The van der Waals surface area contributed by atoms with E-state index in [4.69, 9.17) is 9.47 Å². The number of ketones is 3. The summed E-state index contributed by atoms with van der Waals surface area (Å²) < 4.78 is 103. The van der Waals surface area contributed by atoms with E-state index in [0.717, 1.165) is 42.9 Å². The third-order valence-electron chi connectivity index (χ3n) is 12.4. The quantitative estimate of drug-likeness (QED) is 0.0474. The molecule has 2 aliphatic carbocycles. The van der Waals surface area contributed by atoms with Crippen LogP contribution in [0.3, 0.4) is 0 Å². The number of Topliss-reactive ketones (excluding diaryl/α,β-unsaturated/α-hetero) is 2. The van der Waals surface area contributed by atoms with Crippen molar-refractivity contribution < 1.29 is 59.4 Å². The van der Waals surface area contributed by atoms with Gasteiger partial charge in [-0.3, -0.25) is 14.4 Å². The summed E-state index contributed by atoms with van der Waals surface area (Å²) in [5.41, 5.74) is 5.73. The summed E-state index contributed by atoms with van der Waals surface area (Å²) >= 11 is 0. The molecule has 0 radical (unpaired) electrons. The molecule has 21 heteroatoms. The first-order chi connectivity index (χ1) is 34.7. The van der Waals surface area contributed by atoms with Crippen molar-refractivity contribution >= 4 is 46.0 Å². The summed E-state index contributed by atoms with van der Waals surface area (Å²) in [5, 5.41) is 14.1. The minimum absolute atomic E-state index is 0.0771. The highest BCUT2D eigenvalue weighted by Gasteiger charge is 2.30. The smallest absolute Gasteiger partial charge is 0.390 e. The first kappa shape index (κ1) is 51.6. The number of ether oxygens (including phenoxy) is 2. The SMILES string of the molecule is COC(=O)c1cc(NCCC(F)(F)F)c2ncc(-c3ccc(C(=O)CC4CC4)c(C)c3)n2n1.COc1c(F)cccc1C(=O)c1cc(NCCC(F)(F)F)c2ncc(-c3ccc(C(=O)CC4CC4)c(C)c3)n2n1. The number of anilines is 2. The third-order valence-corrected chi connectivity index (χ3v) is 12.4. The number of alkyl halides is 6. The summed E-state index contributed by atoms with van der Waals surface area (Å²) in [6.07, 6.45) is -2.45. The molecule has 4 aromatic heterocycles. The van der Waals surface area contributed by atoms with Gasteiger partial charge < -0.3 is 20.1 Å². The Morgan fingerprint density at radius 2 is 1.11 bits per heavy atom. The number of nitrogens with one attached hydrogen (secondary N) is 2. The zero-order valence-electron chi connectivity index (χ0n) is 40.0. The Bertz CT molecular complexity index is 3250. The summed E-state index contributed by atoms with van der Waals surface area (Å²) in [6, 6.07) is 17.2. The van der Waals surface area contributed by atoms with Crippen molar-refractivity contribution in [2.24, 2.45) is 11.8 Å². The fraction of sp³-hybridized carbons (Fsp3) is 0.346. The molecule has 0 atom stereocenters. The fourth-order valence-corrected chi connectivity index (χ4v) is 8.28. The highest BCUT2D eigenvalue weighted by Crippen LogP contribution is 2.36. The van der Waals surface area contributed by atoms with Crippen molar-refractivity contribution in [1.82, 2.24) is 29.2 Å². The Kier molecular flexibility index (Phi) is 15.0. The molecular weight excluding hydrogens is 966 g/mol. The number of fused-ring (bicyclic) bond motifs is 2. The van der Waals surface area contributed by atoms with Crippen molar-refractivity contribution in [3.05, 3.63) is 124 Å². The maximum Gasteiger partial charge on any atom is 0.390 e. The lowest BCUT2D eigenvalue weighted by atomic mass is 9.98. The van der Waals surface area contributed by atoms with Crippen molar-refractivity contribution in [3.63, 3.8) is 0 Å². The van der Waals surface area contributed by atoms with Gasteiger partial charge in [0.2, 0.25) is 5.78 Å². The Balaban J connectivity index is 0.000000199. The second kappa shape index (κ2) is 21.2. The van der Waals surface area contributed by atoms with Gasteiger partial charge in [-0.2, -0.15) is 36.5 Å². The molecule has 73 heavy (non-hydrogen) atoms. The number of imidazole rings is 2. The van der Waals surface area contributed by atoms with Gasteiger partial charge in [0.05, 0.1) is 67.8 Å². The molecule has 2 fully saturated rings. The van der Waals surface area contributed by atoms with Gasteiger partial charge in [-0.1, -0.05) is 30.3 Å². The van der Waals surface area contributed by atoms with Crippen LogP contribution in [0.5, 0.6) is 5.75 Å². The number of nitrogens with zero attached hydrogens (tertiary/aromatic N) is 6. The van der Waals surface area contributed by atoms with Crippen molar-refractivity contribution in [2.45, 2.75) is 77.6 Å². The maximum absolute atomic E-state index is 14.3. The predicted octanol–water partition coefficient (Wildman–Crippen LogP) is 11.3. The van der Waals surface area contributed by atoms with E-state index in [9.17, 15) is 49.9 Å². The van der Waals surface area contributed by atoms with Crippen LogP contribution in [0.1, 0.15) is 110 Å². The summed E-state index contributed by atoms with van der Waals surface area (Å²) in [4.78, 5) is 59.4. The Morgan fingerprint density at radius 1 is 0.644 bits per heavy atom. The average Bonchev–Trinajstić information content (AvgIpc) is 4.26. The largest absolute Gasteiger partial charge is 0.493 e. The molecule has 4 heterocycles. The molecule has 0 aliphatic heterocycles. The lowest BCUT2D eigenvalue weighted by Crippen LogP contribution is -2.16.